The molecular weight excluding hydrogens is 184 g/mol. The van der Waals surface area contributed by atoms with E-state index >= 15 is 0 Å². The van der Waals surface area contributed by atoms with Crippen LogP contribution in [0.2, 0.25) is 0 Å². The molecule has 0 atom stereocenters. The minimum Gasteiger partial charge on any atom is -0.342 e. The van der Waals surface area contributed by atoms with Crippen molar-refractivity contribution in [1.29, 1.82) is 0 Å². The number of hydrogen-bond donors (Lipinski definition) is 1. The summed E-state index contributed by atoms with van der Waals surface area (Å²) in [5, 5.41) is 0. The molecule has 82 valence electrons. The molecule has 1 N–H and O–H groups in total. The molecule has 2 heteroatoms. The number of aromatic amines is 1. The van der Waals surface area contributed by atoms with Crippen LogP contribution in [0.15, 0.2) is 12.1 Å². The fourth-order valence-corrected chi connectivity index (χ4v) is 1.68. The van der Waals surface area contributed by atoms with Crippen LogP contribution in [-0.2, 0) is 6.42 Å². The lowest BCUT2D eigenvalue weighted by molar-refractivity contribution is 0.861. The van der Waals surface area contributed by atoms with Crippen LogP contribution in [-0.4, -0.2) is 9.97 Å². The second-order valence-electron chi connectivity index (χ2n) is 3.89. The zero-order chi connectivity index (χ0) is 10.1. The quantitative estimate of drug-likeness (QED) is 0.792. The summed E-state index contributed by atoms with van der Waals surface area (Å²) in [5.41, 5.74) is 4.89. The van der Waals surface area contributed by atoms with Gasteiger partial charge in [-0.2, -0.15) is 0 Å². The van der Waals surface area contributed by atoms with Crippen LogP contribution in [0.5, 0.6) is 0 Å². The van der Waals surface area contributed by atoms with Crippen LogP contribution in [0.25, 0.3) is 11.0 Å². The van der Waals surface area contributed by atoms with E-state index in [1.54, 1.807) is 0 Å². The summed E-state index contributed by atoms with van der Waals surface area (Å²) in [7, 11) is 0. The Balaban J connectivity index is 0.00000112. The largest absolute Gasteiger partial charge is 0.342 e. The Morgan fingerprint density at radius 2 is 1.87 bits per heavy atom. The summed E-state index contributed by atoms with van der Waals surface area (Å²) in [5.74, 6) is 1.10. The van der Waals surface area contributed by atoms with Crippen molar-refractivity contribution in [1.82, 2.24) is 9.97 Å². The normalized spacial score (nSPS) is 10.3. The second-order valence-corrected chi connectivity index (χ2v) is 3.89. The first-order valence-electron chi connectivity index (χ1n) is 5.16. The van der Waals surface area contributed by atoms with Crippen LogP contribution < -0.4 is 0 Å². The smallest absolute Gasteiger partial charge is 0.107 e. The van der Waals surface area contributed by atoms with Gasteiger partial charge in [0.15, 0.2) is 0 Å². The maximum atomic E-state index is 4.55. The summed E-state index contributed by atoms with van der Waals surface area (Å²) < 4.78 is 0. The number of H-pyrrole nitrogens is 1. The van der Waals surface area contributed by atoms with E-state index in [0.717, 1.165) is 29.7 Å². The third-order valence-corrected chi connectivity index (χ3v) is 2.63. The lowest BCUT2D eigenvalue weighted by Gasteiger charge is -1.97. The average Bonchev–Trinajstić information content (AvgIpc) is 2.48. The highest BCUT2D eigenvalue weighted by molar-refractivity contribution is 5.77. The molecule has 0 aliphatic carbocycles. The van der Waals surface area contributed by atoms with Crippen LogP contribution >= 0.6 is 0 Å². The van der Waals surface area contributed by atoms with Crippen molar-refractivity contribution >= 4 is 11.0 Å². The first-order chi connectivity index (χ1) is 6.70. The molecule has 0 unspecified atom stereocenters. The van der Waals surface area contributed by atoms with Gasteiger partial charge in [-0.3, -0.25) is 0 Å². The Morgan fingerprint density at radius 1 is 1.20 bits per heavy atom. The van der Waals surface area contributed by atoms with E-state index in [-0.39, 0.29) is 7.43 Å². The van der Waals surface area contributed by atoms with Crippen LogP contribution in [0, 0.1) is 13.8 Å². The first-order valence-corrected chi connectivity index (χ1v) is 5.16. The van der Waals surface area contributed by atoms with Gasteiger partial charge in [0.1, 0.15) is 5.82 Å². The summed E-state index contributed by atoms with van der Waals surface area (Å²) in [6, 6.07) is 4.33. The number of aryl methyl sites for hydroxylation is 3. The summed E-state index contributed by atoms with van der Waals surface area (Å²) >= 11 is 0. The van der Waals surface area contributed by atoms with E-state index in [0.29, 0.717) is 0 Å². The van der Waals surface area contributed by atoms with Crippen molar-refractivity contribution in [2.24, 2.45) is 0 Å². The van der Waals surface area contributed by atoms with Crippen LogP contribution in [0.3, 0.4) is 0 Å². The Labute approximate surface area is 91.7 Å². The number of aromatic nitrogens is 2. The lowest BCUT2D eigenvalue weighted by atomic mass is 10.1. The van der Waals surface area contributed by atoms with Crippen molar-refractivity contribution in [2.45, 2.75) is 41.0 Å². The SMILES string of the molecule is C.CCCc1nc2cc(C)c(C)cc2[nH]1. The molecule has 0 spiro atoms. The van der Waals surface area contributed by atoms with Gasteiger partial charge >= 0.3 is 0 Å². The van der Waals surface area contributed by atoms with Crippen molar-refractivity contribution < 1.29 is 0 Å². The fraction of sp³-hybridized carbons (Fsp3) is 0.462. The van der Waals surface area contributed by atoms with Crippen molar-refractivity contribution in [3.63, 3.8) is 0 Å². The second kappa shape index (κ2) is 4.47. The number of fused-ring (bicyclic) bond motifs is 1. The number of nitrogens with zero attached hydrogens (tertiary/aromatic N) is 1. The Hall–Kier alpha value is -1.31. The van der Waals surface area contributed by atoms with E-state index in [4.69, 9.17) is 0 Å². The predicted molar refractivity (Wildman–Crippen MR) is 66.3 cm³/mol. The van der Waals surface area contributed by atoms with Gasteiger partial charge in [-0.15, -0.1) is 0 Å². The van der Waals surface area contributed by atoms with E-state index in [9.17, 15) is 0 Å². The van der Waals surface area contributed by atoms with Gasteiger partial charge in [-0.1, -0.05) is 14.4 Å². The molecule has 1 aromatic heterocycles. The summed E-state index contributed by atoms with van der Waals surface area (Å²) in [6.07, 6.45) is 2.17. The van der Waals surface area contributed by atoms with Gasteiger partial charge in [0, 0.05) is 6.42 Å². The molecule has 0 fully saturated rings. The Bertz CT molecular complexity index is 416. The highest BCUT2D eigenvalue weighted by atomic mass is 14.9. The van der Waals surface area contributed by atoms with E-state index in [1.807, 2.05) is 0 Å². The summed E-state index contributed by atoms with van der Waals surface area (Å²) in [6.45, 7) is 6.43. The number of rotatable bonds is 2. The molecule has 0 aliphatic heterocycles. The highest BCUT2D eigenvalue weighted by Crippen LogP contribution is 2.17. The Morgan fingerprint density at radius 3 is 2.53 bits per heavy atom. The first kappa shape index (κ1) is 11.8. The molecule has 1 heterocycles. The van der Waals surface area contributed by atoms with Gasteiger partial charge in [-0.25, -0.2) is 4.98 Å². The highest BCUT2D eigenvalue weighted by Gasteiger charge is 2.03. The number of benzene rings is 1. The zero-order valence-corrected chi connectivity index (χ0v) is 9.02. The van der Waals surface area contributed by atoms with Gasteiger partial charge in [0.2, 0.25) is 0 Å². The standard InChI is InChI=1S/C12H16N2.CH4/c1-4-5-12-13-10-6-8(2)9(3)7-11(10)14-12;/h6-7H,4-5H2,1-3H3,(H,13,14);1H4. The Kier molecular flexibility index (Phi) is 3.51. The van der Waals surface area contributed by atoms with Crippen molar-refractivity contribution in [3.05, 3.63) is 29.1 Å². The minimum absolute atomic E-state index is 0. The molecule has 0 saturated carbocycles. The van der Waals surface area contributed by atoms with Crippen LogP contribution in [0.4, 0.5) is 0 Å². The molecule has 2 nitrogen and oxygen atoms in total. The van der Waals surface area contributed by atoms with Crippen LogP contribution in [0.1, 0.15) is 37.7 Å². The minimum atomic E-state index is 0. The summed E-state index contributed by atoms with van der Waals surface area (Å²) in [4.78, 5) is 7.90. The molecular formula is C13H20N2. The maximum absolute atomic E-state index is 4.55. The molecule has 0 saturated heterocycles. The molecule has 1 aromatic carbocycles. The molecule has 0 radical (unpaired) electrons. The van der Waals surface area contributed by atoms with E-state index < -0.39 is 0 Å². The molecule has 15 heavy (non-hydrogen) atoms. The predicted octanol–water partition coefficient (Wildman–Crippen LogP) is 3.77. The molecule has 2 aromatic rings. The molecule has 0 amide bonds. The fourth-order valence-electron chi connectivity index (χ4n) is 1.68. The third kappa shape index (κ3) is 2.20. The van der Waals surface area contributed by atoms with Crippen molar-refractivity contribution in [3.8, 4) is 0 Å². The zero-order valence-electron chi connectivity index (χ0n) is 9.02. The molecule has 0 aliphatic rings. The topological polar surface area (TPSA) is 28.7 Å². The third-order valence-electron chi connectivity index (χ3n) is 2.63. The van der Waals surface area contributed by atoms with Gasteiger partial charge < -0.3 is 4.98 Å². The van der Waals surface area contributed by atoms with Crippen molar-refractivity contribution in [2.75, 3.05) is 0 Å². The molecule has 2 rings (SSSR count). The number of hydrogen-bond acceptors (Lipinski definition) is 1. The number of imidazole rings is 1. The molecule has 0 bridgehead atoms. The lowest BCUT2D eigenvalue weighted by Crippen LogP contribution is -1.83. The van der Waals surface area contributed by atoms with E-state index in [2.05, 4.69) is 42.9 Å². The van der Waals surface area contributed by atoms with Gasteiger partial charge in [-0.05, 0) is 43.5 Å². The van der Waals surface area contributed by atoms with Gasteiger partial charge in [0.25, 0.3) is 0 Å². The van der Waals surface area contributed by atoms with E-state index in [1.165, 1.54) is 11.1 Å². The van der Waals surface area contributed by atoms with Gasteiger partial charge in [0.05, 0.1) is 11.0 Å². The average molecular weight is 204 g/mol. The monoisotopic (exact) mass is 204 g/mol. The number of nitrogens with one attached hydrogen (secondary N) is 1. The maximum Gasteiger partial charge on any atom is 0.107 e.